The molecule has 3 rings (SSSR count). The van der Waals surface area contributed by atoms with E-state index >= 15 is 0 Å². The van der Waals surface area contributed by atoms with Crippen LogP contribution in [0.5, 0.6) is 0 Å². The molecule has 21 heavy (non-hydrogen) atoms. The molecule has 0 atom stereocenters. The van der Waals surface area contributed by atoms with E-state index in [9.17, 15) is 10.1 Å². The quantitative estimate of drug-likeness (QED) is 0.546. The number of nitro benzene ring substituents is 1. The SMILES string of the molecule is Cc1nnc(Sc2ccc([N+](=O)[O-])c3cccnc23)n1C. The van der Waals surface area contributed by atoms with Crippen molar-refractivity contribution in [3.05, 3.63) is 46.4 Å². The Morgan fingerprint density at radius 3 is 2.76 bits per heavy atom. The summed E-state index contributed by atoms with van der Waals surface area (Å²) in [7, 11) is 1.87. The van der Waals surface area contributed by atoms with E-state index in [-0.39, 0.29) is 5.69 Å². The molecule has 0 bridgehead atoms. The maximum absolute atomic E-state index is 11.1. The first-order valence-corrected chi connectivity index (χ1v) is 6.95. The molecular formula is C13H11N5O2S. The number of pyridine rings is 1. The Morgan fingerprint density at radius 2 is 2.10 bits per heavy atom. The van der Waals surface area contributed by atoms with Crippen LogP contribution in [0.15, 0.2) is 40.5 Å². The van der Waals surface area contributed by atoms with E-state index < -0.39 is 4.92 Å². The number of aromatic nitrogens is 4. The van der Waals surface area contributed by atoms with Crippen LogP contribution in [-0.4, -0.2) is 24.7 Å². The van der Waals surface area contributed by atoms with Gasteiger partial charge in [0, 0.05) is 24.2 Å². The van der Waals surface area contributed by atoms with E-state index in [4.69, 9.17) is 0 Å². The molecule has 0 spiro atoms. The maximum atomic E-state index is 11.1. The van der Waals surface area contributed by atoms with E-state index in [1.54, 1.807) is 24.4 Å². The Labute approximate surface area is 124 Å². The van der Waals surface area contributed by atoms with E-state index in [2.05, 4.69) is 15.2 Å². The number of hydrogen-bond acceptors (Lipinski definition) is 6. The van der Waals surface area contributed by atoms with E-state index in [0.717, 1.165) is 10.7 Å². The summed E-state index contributed by atoms with van der Waals surface area (Å²) in [6.45, 7) is 1.86. The lowest BCUT2D eigenvalue weighted by molar-refractivity contribution is -0.383. The Hall–Kier alpha value is -2.48. The molecule has 0 amide bonds. The first-order chi connectivity index (χ1) is 10.1. The number of nitrogens with zero attached hydrogens (tertiary/aromatic N) is 5. The highest BCUT2D eigenvalue weighted by Gasteiger charge is 2.17. The van der Waals surface area contributed by atoms with Gasteiger partial charge in [0.05, 0.1) is 15.8 Å². The fraction of sp³-hybridized carbons (Fsp3) is 0.154. The molecule has 3 aromatic rings. The molecule has 0 aliphatic carbocycles. The lowest BCUT2D eigenvalue weighted by Crippen LogP contribution is -1.95. The third-order valence-electron chi connectivity index (χ3n) is 3.16. The zero-order valence-electron chi connectivity index (χ0n) is 11.3. The van der Waals surface area contributed by atoms with Gasteiger partial charge in [-0.2, -0.15) is 0 Å². The van der Waals surface area contributed by atoms with Gasteiger partial charge in [0.15, 0.2) is 5.16 Å². The van der Waals surface area contributed by atoms with Crippen LogP contribution in [0.3, 0.4) is 0 Å². The number of benzene rings is 1. The molecule has 0 radical (unpaired) electrons. The Morgan fingerprint density at radius 1 is 1.29 bits per heavy atom. The zero-order valence-corrected chi connectivity index (χ0v) is 12.2. The number of rotatable bonds is 3. The van der Waals surface area contributed by atoms with E-state index in [0.29, 0.717) is 16.1 Å². The molecule has 1 aromatic carbocycles. The third-order valence-corrected chi connectivity index (χ3v) is 4.25. The van der Waals surface area contributed by atoms with Crippen molar-refractivity contribution >= 4 is 28.4 Å². The van der Waals surface area contributed by atoms with Crippen molar-refractivity contribution in [1.82, 2.24) is 19.7 Å². The molecule has 0 aliphatic heterocycles. The van der Waals surface area contributed by atoms with Gasteiger partial charge in [-0.05, 0) is 36.9 Å². The second kappa shape index (κ2) is 5.13. The second-order valence-electron chi connectivity index (χ2n) is 4.43. The molecule has 0 N–H and O–H groups in total. The second-order valence-corrected chi connectivity index (χ2v) is 5.44. The lowest BCUT2D eigenvalue weighted by Gasteiger charge is -2.05. The summed E-state index contributed by atoms with van der Waals surface area (Å²) in [5.74, 6) is 0.802. The monoisotopic (exact) mass is 301 g/mol. The van der Waals surface area contributed by atoms with Gasteiger partial charge in [-0.15, -0.1) is 10.2 Å². The predicted octanol–water partition coefficient (Wildman–Crippen LogP) is 2.73. The van der Waals surface area contributed by atoms with Crippen molar-refractivity contribution in [1.29, 1.82) is 0 Å². The minimum absolute atomic E-state index is 0.0524. The van der Waals surface area contributed by atoms with Crippen molar-refractivity contribution in [3.63, 3.8) is 0 Å². The molecule has 7 nitrogen and oxygen atoms in total. The minimum Gasteiger partial charge on any atom is -0.309 e. The molecule has 2 aromatic heterocycles. The number of aryl methyl sites for hydroxylation is 1. The first-order valence-electron chi connectivity index (χ1n) is 6.14. The summed E-state index contributed by atoms with van der Waals surface area (Å²) < 4.78 is 1.86. The molecule has 0 saturated carbocycles. The van der Waals surface area contributed by atoms with Crippen LogP contribution in [0.4, 0.5) is 5.69 Å². The Balaban J connectivity index is 2.14. The van der Waals surface area contributed by atoms with Crippen molar-refractivity contribution in [2.75, 3.05) is 0 Å². The minimum atomic E-state index is -0.398. The molecular weight excluding hydrogens is 290 g/mol. The normalized spacial score (nSPS) is 11.0. The standard InChI is InChI=1S/C13H11N5O2S/c1-8-15-16-13(17(8)2)21-11-6-5-10(18(19)20)9-4-3-7-14-12(9)11/h3-7H,1-2H3. The van der Waals surface area contributed by atoms with Gasteiger partial charge in [0.2, 0.25) is 0 Å². The average molecular weight is 301 g/mol. The van der Waals surface area contributed by atoms with Crippen LogP contribution in [0.1, 0.15) is 5.82 Å². The number of fused-ring (bicyclic) bond motifs is 1. The highest BCUT2D eigenvalue weighted by Crippen LogP contribution is 2.35. The maximum Gasteiger partial charge on any atom is 0.278 e. The molecule has 0 saturated heterocycles. The summed E-state index contributed by atoms with van der Waals surface area (Å²) in [4.78, 5) is 15.8. The van der Waals surface area contributed by atoms with Crippen molar-refractivity contribution < 1.29 is 4.92 Å². The Kier molecular flexibility index (Phi) is 3.30. The number of non-ortho nitro benzene ring substituents is 1. The van der Waals surface area contributed by atoms with Crippen LogP contribution in [0, 0.1) is 17.0 Å². The van der Waals surface area contributed by atoms with Crippen molar-refractivity contribution in [2.24, 2.45) is 7.05 Å². The largest absolute Gasteiger partial charge is 0.309 e. The predicted molar refractivity (Wildman–Crippen MR) is 78.3 cm³/mol. The highest BCUT2D eigenvalue weighted by atomic mass is 32.2. The topological polar surface area (TPSA) is 86.7 Å². The van der Waals surface area contributed by atoms with Crippen molar-refractivity contribution in [3.8, 4) is 0 Å². The summed E-state index contributed by atoms with van der Waals surface area (Å²) in [5.41, 5.74) is 0.647. The highest BCUT2D eigenvalue weighted by molar-refractivity contribution is 7.99. The first kappa shape index (κ1) is 13.5. The summed E-state index contributed by atoms with van der Waals surface area (Å²) in [5, 5.41) is 20.4. The van der Waals surface area contributed by atoms with Crippen molar-refractivity contribution in [2.45, 2.75) is 17.0 Å². The van der Waals surface area contributed by atoms with Gasteiger partial charge < -0.3 is 4.57 Å². The lowest BCUT2D eigenvalue weighted by atomic mass is 10.2. The molecule has 0 fully saturated rings. The van der Waals surface area contributed by atoms with E-state index in [1.807, 2.05) is 18.5 Å². The smallest absolute Gasteiger partial charge is 0.278 e. The molecule has 0 aliphatic rings. The average Bonchev–Trinajstić information content (AvgIpc) is 2.79. The molecule has 2 heterocycles. The summed E-state index contributed by atoms with van der Waals surface area (Å²) in [6.07, 6.45) is 1.62. The van der Waals surface area contributed by atoms with Crippen LogP contribution in [-0.2, 0) is 7.05 Å². The van der Waals surface area contributed by atoms with E-state index in [1.165, 1.54) is 17.8 Å². The van der Waals surface area contributed by atoms with Crippen LogP contribution in [0.25, 0.3) is 10.9 Å². The fourth-order valence-corrected chi connectivity index (χ4v) is 2.89. The third kappa shape index (κ3) is 2.33. The summed E-state index contributed by atoms with van der Waals surface area (Å²) in [6, 6.07) is 6.58. The van der Waals surface area contributed by atoms with Gasteiger partial charge in [-0.3, -0.25) is 15.1 Å². The van der Waals surface area contributed by atoms with Crippen LogP contribution < -0.4 is 0 Å². The van der Waals surface area contributed by atoms with Gasteiger partial charge in [0.1, 0.15) is 5.82 Å². The molecule has 8 heteroatoms. The number of hydrogen-bond donors (Lipinski definition) is 0. The van der Waals surface area contributed by atoms with Gasteiger partial charge in [-0.25, -0.2) is 0 Å². The Bertz CT molecular complexity index is 846. The van der Waals surface area contributed by atoms with Gasteiger partial charge in [0.25, 0.3) is 5.69 Å². The van der Waals surface area contributed by atoms with Gasteiger partial charge in [-0.1, -0.05) is 0 Å². The molecule has 0 unspecified atom stereocenters. The van der Waals surface area contributed by atoms with Gasteiger partial charge >= 0.3 is 0 Å². The number of nitro groups is 1. The van der Waals surface area contributed by atoms with Crippen LogP contribution >= 0.6 is 11.8 Å². The van der Waals surface area contributed by atoms with Crippen LogP contribution in [0.2, 0.25) is 0 Å². The zero-order chi connectivity index (χ0) is 15.0. The summed E-state index contributed by atoms with van der Waals surface area (Å²) >= 11 is 1.39. The molecule has 106 valence electrons. The fourth-order valence-electron chi connectivity index (χ4n) is 1.95.